The van der Waals surface area contributed by atoms with Crippen LogP contribution in [0.5, 0.6) is 17.2 Å². The maximum Gasteiger partial charge on any atom is 0.234 e. The Morgan fingerprint density at radius 3 is 2.47 bits per heavy atom. The van der Waals surface area contributed by atoms with E-state index in [2.05, 4.69) is 10.3 Å². The molecule has 1 aliphatic heterocycles. The van der Waals surface area contributed by atoms with Crippen molar-refractivity contribution in [3.05, 3.63) is 42.5 Å². The molecular formula is C23H26N2O6S. The summed E-state index contributed by atoms with van der Waals surface area (Å²) >= 11 is 0. The van der Waals surface area contributed by atoms with E-state index < -0.39 is 9.84 Å². The Morgan fingerprint density at radius 1 is 1.06 bits per heavy atom. The standard InChI is InChI=1S/C23H26N2O6S/c1-4-11-28-17-7-5-16(6-8-17)21-25-23(22(31-21)24-15(2)3)32(26,27)18-9-10-19-20(14-18)30-13-12-29-19/h5-10,14-15,24H,4,11-13H2,1-3H3. The largest absolute Gasteiger partial charge is 0.494 e. The van der Waals surface area contributed by atoms with Gasteiger partial charge in [0.05, 0.1) is 11.5 Å². The van der Waals surface area contributed by atoms with Crippen LogP contribution in [0.3, 0.4) is 0 Å². The molecule has 0 saturated heterocycles. The molecule has 8 nitrogen and oxygen atoms in total. The van der Waals surface area contributed by atoms with Crippen LogP contribution in [-0.4, -0.2) is 39.3 Å². The molecule has 0 saturated carbocycles. The number of aromatic nitrogens is 1. The number of sulfone groups is 1. The van der Waals surface area contributed by atoms with E-state index in [9.17, 15) is 8.42 Å². The SMILES string of the molecule is CCCOc1ccc(-c2nc(S(=O)(=O)c3ccc4c(c3)OCCO4)c(NC(C)C)o2)cc1. The highest BCUT2D eigenvalue weighted by molar-refractivity contribution is 7.91. The van der Waals surface area contributed by atoms with E-state index in [1.165, 1.54) is 12.1 Å². The second kappa shape index (κ2) is 9.12. The number of fused-ring (bicyclic) bond motifs is 1. The summed E-state index contributed by atoms with van der Waals surface area (Å²) in [5.74, 6) is 1.93. The third kappa shape index (κ3) is 4.52. The lowest BCUT2D eigenvalue weighted by Crippen LogP contribution is -2.16. The van der Waals surface area contributed by atoms with Gasteiger partial charge in [-0.3, -0.25) is 0 Å². The maximum absolute atomic E-state index is 13.5. The summed E-state index contributed by atoms with van der Waals surface area (Å²) in [4.78, 5) is 4.41. The number of anilines is 1. The first-order valence-electron chi connectivity index (χ1n) is 10.5. The van der Waals surface area contributed by atoms with Gasteiger partial charge >= 0.3 is 0 Å². The minimum Gasteiger partial charge on any atom is -0.494 e. The van der Waals surface area contributed by atoms with Gasteiger partial charge in [-0.25, -0.2) is 8.42 Å². The lowest BCUT2D eigenvalue weighted by molar-refractivity contribution is 0.171. The molecule has 4 rings (SSSR count). The molecular weight excluding hydrogens is 432 g/mol. The first kappa shape index (κ1) is 22.0. The van der Waals surface area contributed by atoms with Crippen molar-refractivity contribution in [3.63, 3.8) is 0 Å². The first-order valence-corrected chi connectivity index (χ1v) is 12.0. The van der Waals surface area contributed by atoms with Gasteiger partial charge in [0.2, 0.25) is 26.6 Å². The highest BCUT2D eigenvalue weighted by Gasteiger charge is 2.30. The summed E-state index contributed by atoms with van der Waals surface area (Å²) in [6.07, 6.45) is 0.910. The summed E-state index contributed by atoms with van der Waals surface area (Å²) in [6, 6.07) is 11.7. The van der Waals surface area contributed by atoms with Crippen LogP contribution in [0.15, 0.2) is 56.8 Å². The maximum atomic E-state index is 13.5. The highest BCUT2D eigenvalue weighted by Crippen LogP contribution is 2.37. The number of ether oxygens (including phenoxy) is 3. The van der Waals surface area contributed by atoms with Crippen molar-refractivity contribution in [3.8, 4) is 28.7 Å². The molecule has 0 atom stereocenters. The lowest BCUT2D eigenvalue weighted by atomic mass is 10.2. The Morgan fingerprint density at radius 2 is 1.78 bits per heavy atom. The zero-order valence-corrected chi connectivity index (χ0v) is 19.1. The number of nitrogens with zero attached hydrogens (tertiary/aromatic N) is 1. The molecule has 32 heavy (non-hydrogen) atoms. The van der Waals surface area contributed by atoms with Gasteiger partial charge in [-0.2, -0.15) is 4.98 Å². The molecule has 0 spiro atoms. The van der Waals surface area contributed by atoms with Crippen molar-refractivity contribution in [1.29, 1.82) is 0 Å². The van der Waals surface area contributed by atoms with E-state index >= 15 is 0 Å². The monoisotopic (exact) mass is 458 g/mol. The topological polar surface area (TPSA) is 99.9 Å². The Bertz CT molecular complexity index is 1190. The zero-order chi connectivity index (χ0) is 22.7. The van der Waals surface area contributed by atoms with Gasteiger partial charge in [0.25, 0.3) is 0 Å². The number of benzene rings is 2. The number of nitrogens with one attached hydrogen (secondary N) is 1. The van der Waals surface area contributed by atoms with Crippen molar-refractivity contribution >= 4 is 15.7 Å². The Labute approximate surface area is 187 Å². The molecule has 170 valence electrons. The smallest absolute Gasteiger partial charge is 0.234 e. The third-order valence-corrected chi connectivity index (χ3v) is 6.33. The molecule has 0 fully saturated rings. The summed E-state index contributed by atoms with van der Waals surface area (Å²) in [5.41, 5.74) is 0.643. The number of hydrogen-bond acceptors (Lipinski definition) is 8. The quantitative estimate of drug-likeness (QED) is 0.525. The van der Waals surface area contributed by atoms with E-state index in [4.69, 9.17) is 18.6 Å². The highest BCUT2D eigenvalue weighted by atomic mass is 32.2. The van der Waals surface area contributed by atoms with Crippen molar-refractivity contribution in [2.45, 2.75) is 43.2 Å². The van der Waals surface area contributed by atoms with E-state index in [0.717, 1.165) is 12.2 Å². The minimum atomic E-state index is -3.98. The third-order valence-electron chi connectivity index (χ3n) is 4.67. The summed E-state index contributed by atoms with van der Waals surface area (Å²) in [5, 5.41) is 2.88. The predicted molar refractivity (Wildman–Crippen MR) is 119 cm³/mol. The van der Waals surface area contributed by atoms with E-state index in [1.54, 1.807) is 30.3 Å². The van der Waals surface area contributed by atoms with Crippen molar-refractivity contribution in [2.24, 2.45) is 0 Å². The fourth-order valence-electron chi connectivity index (χ4n) is 3.18. The van der Waals surface area contributed by atoms with Crippen LogP contribution in [0.25, 0.3) is 11.5 Å². The lowest BCUT2D eigenvalue weighted by Gasteiger charge is -2.18. The molecule has 0 unspecified atom stereocenters. The Kier molecular flexibility index (Phi) is 6.27. The predicted octanol–water partition coefficient (Wildman–Crippen LogP) is 4.55. The molecule has 1 aromatic heterocycles. The van der Waals surface area contributed by atoms with Crippen molar-refractivity contribution in [2.75, 3.05) is 25.1 Å². The molecule has 1 N–H and O–H groups in total. The van der Waals surface area contributed by atoms with Crippen LogP contribution in [0.2, 0.25) is 0 Å². The molecule has 2 heterocycles. The minimum absolute atomic E-state index is 0.0525. The van der Waals surface area contributed by atoms with Crippen LogP contribution in [-0.2, 0) is 9.84 Å². The molecule has 0 radical (unpaired) electrons. The molecule has 3 aromatic rings. The zero-order valence-electron chi connectivity index (χ0n) is 18.3. The number of rotatable bonds is 8. The summed E-state index contributed by atoms with van der Waals surface area (Å²) in [6.45, 7) is 7.23. The van der Waals surface area contributed by atoms with Gasteiger partial charge in [0, 0.05) is 17.7 Å². The van der Waals surface area contributed by atoms with Crippen LogP contribution in [0, 0.1) is 0 Å². The van der Waals surface area contributed by atoms with Crippen molar-refractivity contribution in [1.82, 2.24) is 4.98 Å². The average molecular weight is 459 g/mol. The van der Waals surface area contributed by atoms with E-state index in [0.29, 0.717) is 36.9 Å². The average Bonchev–Trinajstić information content (AvgIpc) is 3.21. The van der Waals surface area contributed by atoms with Gasteiger partial charge in [-0.05, 0) is 56.7 Å². The van der Waals surface area contributed by atoms with Crippen LogP contribution >= 0.6 is 0 Å². The van der Waals surface area contributed by atoms with E-state index in [1.807, 2.05) is 20.8 Å². The summed E-state index contributed by atoms with van der Waals surface area (Å²) < 4.78 is 49.4. The van der Waals surface area contributed by atoms with Crippen LogP contribution < -0.4 is 19.5 Å². The fourth-order valence-corrected chi connectivity index (χ4v) is 4.46. The molecule has 9 heteroatoms. The van der Waals surface area contributed by atoms with Gasteiger partial charge in [0.1, 0.15) is 19.0 Å². The second-order valence-corrected chi connectivity index (χ2v) is 9.50. The van der Waals surface area contributed by atoms with Gasteiger partial charge < -0.3 is 23.9 Å². The molecule has 1 aliphatic rings. The molecule has 0 amide bonds. The first-order chi connectivity index (χ1) is 15.4. The number of oxazole rings is 1. The van der Waals surface area contributed by atoms with E-state index in [-0.39, 0.29) is 27.7 Å². The van der Waals surface area contributed by atoms with Gasteiger partial charge in [-0.1, -0.05) is 6.92 Å². The molecule has 0 bridgehead atoms. The number of hydrogen-bond donors (Lipinski definition) is 1. The molecule has 0 aliphatic carbocycles. The van der Waals surface area contributed by atoms with Crippen molar-refractivity contribution < 1.29 is 27.0 Å². The van der Waals surface area contributed by atoms with Crippen LogP contribution in [0.4, 0.5) is 5.88 Å². The molecule has 2 aromatic carbocycles. The van der Waals surface area contributed by atoms with Gasteiger partial charge in [0.15, 0.2) is 11.5 Å². The normalized spacial score (nSPS) is 13.2. The Balaban J connectivity index is 1.72. The summed E-state index contributed by atoms with van der Waals surface area (Å²) in [7, 11) is -3.98. The van der Waals surface area contributed by atoms with Crippen LogP contribution in [0.1, 0.15) is 27.2 Å². The van der Waals surface area contributed by atoms with Gasteiger partial charge in [-0.15, -0.1) is 0 Å². The Hall–Kier alpha value is -3.20. The second-order valence-electron chi connectivity index (χ2n) is 7.63. The fraction of sp³-hybridized carbons (Fsp3) is 0.348.